The molecule has 0 aliphatic heterocycles. The largest absolute Gasteiger partial charge is 0.478 e. The summed E-state index contributed by atoms with van der Waals surface area (Å²) in [4.78, 5) is 29.6. The lowest BCUT2D eigenvalue weighted by atomic mass is 10.0. The molecule has 1 aromatic carbocycles. The summed E-state index contributed by atoms with van der Waals surface area (Å²) in [5.41, 5.74) is 0.641. The monoisotopic (exact) mass is 259 g/mol. The van der Waals surface area contributed by atoms with E-state index in [9.17, 15) is 9.59 Å². The van der Waals surface area contributed by atoms with Crippen LogP contribution in [0.25, 0.3) is 0 Å². The van der Waals surface area contributed by atoms with Crippen molar-refractivity contribution >= 4 is 11.9 Å². The maximum Gasteiger partial charge on any atom is 0.335 e. The second-order valence-electron chi connectivity index (χ2n) is 3.95. The quantitative estimate of drug-likeness (QED) is 0.745. The van der Waals surface area contributed by atoms with E-state index in [1.807, 2.05) is 0 Å². The van der Waals surface area contributed by atoms with Gasteiger partial charge in [-0.2, -0.15) is 0 Å². The Morgan fingerprint density at radius 2 is 2.11 bits per heavy atom. The summed E-state index contributed by atoms with van der Waals surface area (Å²) in [6, 6.07) is 6.46. The van der Waals surface area contributed by atoms with Gasteiger partial charge in [0.15, 0.2) is 0 Å². The summed E-state index contributed by atoms with van der Waals surface area (Å²) in [5, 5.41) is 11.7. The zero-order chi connectivity index (χ0) is 13.7. The number of nitrogens with one attached hydrogen (secondary N) is 2. The summed E-state index contributed by atoms with van der Waals surface area (Å²) in [6.45, 7) is 0.293. The van der Waals surface area contributed by atoms with Gasteiger partial charge in [0.05, 0.1) is 18.5 Å². The molecule has 0 aliphatic rings. The van der Waals surface area contributed by atoms with Crippen LogP contribution < -0.4 is 5.32 Å². The highest BCUT2D eigenvalue weighted by Gasteiger charge is 2.12. The number of aromatic amines is 1. The molecule has 1 heterocycles. The average Bonchev–Trinajstić information content (AvgIpc) is 2.90. The standard InChI is InChI=1S/C13H13N3O3/c17-12(16-8-11-14-5-6-15-11)7-9-3-1-2-4-10(9)13(18)19/h1-6H,7-8H2,(H,14,15)(H,16,17)(H,18,19). The fourth-order valence-corrected chi connectivity index (χ4v) is 1.70. The van der Waals surface area contributed by atoms with Crippen LogP contribution in [0.15, 0.2) is 36.7 Å². The van der Waals surface area contributed by atoms with Crippen molar-refractivity contribution in [3.05, 3.63) is 53.6 Å². The second-order valence-corrected chi connectivity index (χ2v) is 3.95. The molecule has 1 aromatic heterocycles. The highest BCUT2D eigenvalue weighted by atomic mass is 16.4. The number of aromatic carboxylic acids is 1. The van der Waals surface area contributed by atoms with Crippen LogP contribution in [-0.2, 0) is 17.8 Å². The molecule has 3 N–H and O–H groups in total. The van der Waals surface area contributed by atoms with Crippen molar-refractivity contribution in [1.29, 1.82) is 0 Å². The van der Waals surface area contributed by atoms with Gasteiger partial charge in [0.25, 0.3) is 0 Å². The van der Waals surface area contributed by atoms with Gasteiger partial charge >= 0.3 is 5.97 Å². The van der Waals surface area contributed by atoms with Crippen LogP contribution in [0.2, 0.25) is 0 Å². The molecule has 0 atom stereocenters. The van der Waals surface area contributed by atoms with Crippen molar-refractivity contribution in [3.8, 4) is 0 Å². The third kappa shape index (κ3) is 3.41. The molecule has 0 bridgehead atoms. The Morgan fingerprint density at radius 3 is 2.79 bits per heavy atom. The van der Waals surface area contributed by atoms with E-state index >= 15 is 0 Å². The van der Waals surface area contributed by atoms with Gasteiger partial charge in [-0.15, -0.1) is 0 Å². The molecule has 2 rings (SSSR count). The number of aromatic nitrogens is 2. The van der Waals surface area contributed by atoms with E-state index in [2.05, 4.69) is 15.3 Å². The number of imidazole rings is 1. The molecule has 0 fully saturated rings. The van der Waals surface area contributed by atoms with E-state index in [0.29, 0.717) is 17.9 Å². The number of benzene rings is 1. The van der Waals surface area contributed by atoms with Gasteiger partial charge < -0.3 is 15.4 Å². The Labute approximate surface area is 109 Å². The molecule has 6 nitrogen and oxygen atoms in total. The summed E-state index contributed by atoms with van der Waals surface area (Å²) in [6.07, 6.45) is 3.30. The normalized spacial score (nSPS) is 10.1. The molecule has 0 aliphatic carbocycles. The van der Waals surface area contributed by atoms with Crippen LogP contribution in [0.4, 0.5) is 0 Å². The first-order valence-corrected chi connectivity index (χ1v) is 5.73. The Kier molecular flexibility index (Phi) is 3.92. The van der Waals surface area contributed by atoms with Gasteiger partial charge in [-0.1, -0.05) is 18.2 Å². The van der Waals surface area contributed by atoms with Crippen LogP contribution in [0.3, 0.4) is 0 Å². The number of rotatable bonds is 5. The molecule has 19 heavy (non-hydrogen) atoms. The zero-order valence-corrected chi connectivity index (χ0v) is 10.1. The molecular formula is C13H13N3O3. The number of carbonyl (C=O) groups excluding carboxylic acids is 1. The highest BCUT2D eigenvalue weighted by molar-refractivity contribution is 5.91. The van der Waals surface area contributed by atoms with E-state index in [0.717, 1.165) is 0 Å². The Bertz CT molecular complexity index is 579. The predicted molar refractivity (Wildman–Crippen MR) is 67.5 cm³/mol. The lowest BCUT2D eigenvalue weighted by Crippen LogP contribution is -2.25. The first kappa shape index (κ1) is 12.8. The number of hydrogen-bond donors (Lipinski definition) is 3. The van der Waals surface area contributed by atoms with Crippen LogP contribution in [0.5, 0.6) is 0 Å². The third-order valence-corrected chi connectivity index (χ3v) is 2.61. The maximum absolute atomic E-state index is 11.7. The topological polar surface area (TPSA) is 95.1 Å². The van der Waals surface area contributed by atoms with E-state index in [1.54, 1.807) is 30.6 Å². The molecule has 0 radical (unpaired) electrons. The SMILES string of the molecule is O=C(Cc1ccccc1C(=O)O)NCc1ncc[nH]1. The van der Waals surface area contributed by atoms with Crippen LogP contribution in [0, 0.1) is 0 Å². The molecule has 0 saturated heterocycles. The zero-order valence-electron chi connectivity index (χ0n) is 10.1. The minimum atomic E-state index is -1.03. The molecule has 0 unspecified atom stereocenters. The molecule has 98 valence electrons. The van der Waals surface area contributed by atoms with Crippen molar-refractivity contribution < 1.29 is 14.7 Å². The first-order chi connectivity index (χ1) is 9.16. The summed E-state index contributed by atoms with van der Waals surface area (Å²) in [7, 11) is 0. The van der Waals surface area contributed by atoms with Gasteiger partial charge in [-0.3, -0.25) is 4.79 Å². The number of carboxylic acid groups (broad SMARTS) is 1. The lowest BCUT2D eigenvalue weighted by molar-refractivity contribution is -0.120. The number of carboxylic acids is 1. The fourth-order valence-electron chi connectivity index (χ4n) is 1.70. The van der Waals surface area contributed by atoms with E-state index in [4.69, 9.17) is 5.11 Å². The van der Waals surface area contributed by atoms with Crippen LogP contribution in [-0.4, -0.2) is 27.0 Å². The first-order valence-electron chi connectivity index (χ1n) is 5.73. The Morgan fingerprint density at radius 1 is 1.32 bits per heavy atom. The smallest absolute Gasteiger partial charge is 0.335 e. The molecule has 2 aromatic rings. The number of amides is 1. The third-order valence-electron chi connectivity index (χ3n) is 2.61. The van der Waals surface area contributed by atoms with Crippen molar-refractivity contribution in [1.82, 2.24) is 15.3 Å². The van der Waals surface area contributed by atoms with Crippen LogP contribution >= 0.6 is 0 Å². The fraction of sp³-hybridized carbons (Fsp3) is 0.154. The van der Waals surface area contributed by atoms with Gasteiger partial charge in [0, 0.05) is 12.4 Å². The van der Waals surface area contributed by atoms with Gasteiger partial charge in [0.1, 0.15) is 5.82 Å². The minimum absolute atomic E-state index is 0.0309. The lowest BCUT2D eigenvalue weighted by Gasteiger charge is -2.06. The molecule has 0 saturated carbocycles. The maximum atomic E-state index is 11.7. The minimum Gasteiger partial charge on any atom is -0.478 e. The number of H-pyrrole nitrogens is 1. The number of hydrogen-bond acceptors (Lipinski definition) is 3. The number of nitrogens with zero attached hydrogens (tertiary/aromatic N) is 1. The van der Waals surface area contributed by atoms with E-state index in [-0.39, 0.29) is 17.9 Å². The van der Waals surface area contributed by atoms with E-state index < -0.39 is 5.97 Å². The molecule has 0 spiro atoms. The average molecular weight is 259 g/mol. The van der Waals surface area contributed by atoms with Crippen molar-refractivity contribution in [2.75, 3.05) is 0 Å². The molecule has 1 amide bonds. The van der Waals surface area contributed by atoms with Crippen LogP contribution in [0.1, 0.15) is 21.7 Å². The number of carbonyl (C=O) groups is 2. The van der Waals surface area contributed by atoms with Gasteiger partial charge in [0.2, 0.25) is 5.91 Å². The summed E-state index contributed by atoms with van der Waals surface area (Å²) < 4.78 is 0. The predicted octanol–water partition coefficient (Wildman–Crippen LogP) is 0.967. The highest BCUT2D eigenvalue weighted by Crippen LogP contribution is 2.09. The van der Waals surface area contributed by atoms with E-state index in [1.165, 1.54) is 6.07 Å². The van der Waals surface area contributed by atoms with Crippen molar-refractivity contribution in [3.63, 3.8) is 0 Å². The van der Waals surface area contributed by atoms with Crippen molar-refractivity contribution in [2.45, 2.75) is 13.0 Å². The van der Waals surface area contributed by atoms with Crippen molar-refractivity contribution in [2.24, 2.45) is 0 Å². The Hall–Kier alpha value is -2.63. The van der Waals surface area contributed by atoms with Gasteiger partial charge in [-0.25, -0.2) is 9.78 Å². The second kappa shape index (κ2) is 5.81. The van der Waals surface area contributed by atoms with Gasteiger partial charge in [-0.05, 0) is 11.6 Å². The summed E-state index contributed by atoms with van der Waals surface area (Å²) >= 11 is 0. The molecule has 6 heteroatoms. The summed E-state index contributed by atoms with van der Waals surface area (Å²) in [5.74, 6) is -0.626. The molecular weight excluding hydrogens is 246 g/mol. The Balaban J connectivity index is 1.97.